The Kier molecular flexibility index (Phi) is 6.82. The quantitative estimate of drug-likeness (QED) is 0.762. The van der Waals surface area contributed by atoms with E-state index in [-0.39, 0.29) is 17.5 Å². The minimum atomic E-state index is -2.94. The fraction of sp³-hybridized carbons (Fsp3) is 0.611. The van der Waals surface area contributed by atoms with Crippen molar-refractivity contribution in [3.8, 4) is 0 Å². The Labute approximate surface area is 157 Å². The van der Waals surface area contributed by atoms with Crippen molar-refractivity contribution >= 4 is 32.9 Å². The Morgan fingerprint density at radius 1 is 1.20 bits per heavy atom. The minimum Gasteiger partial charge on any atom is -0.345 e. The van der Waals surface area contributed by atoms with Crippen molar-refractivity contribution in [2.45, 2.75) is 32.7 Å². The molecule has 7 heteroatoms. The molecule has 0 aromatic heterocycles. The summed E-state index contributed by atoms with van der Waals surface area (Å²) in [5, 5.41) is 3.93. The van der Waals surface area contributed by atoms with Crippen LogP contribution in [0.1, 0.15) is 24.0 Å². The van der Waals surface area contributed by atoms with Gasteiger partial charge in [0.05, 0.1) is 11.5 Å². The van der Waals surface area contributed by atoms with Crippen LogP contribution < -0.4 is 5.32 Å². The smallest absolute Gasteiger partial charge is 0.173 e. The number of aryl methyl sites for hydroxylation is 2. The van der Waals surface area contributed by atoms with E-state index in [0.29, 0.717) is 11.5 Å². The summed E-state index contributed by atoms with van der Waals surface area (Å²) in [6.07, 6.45) is 1.59. The molecular weight excluding hydrogens is 354 g/mol. The van der Waals surface area contributed by atoms with Gasteiger partial charge in [0.25, 0.3) is 0 Å². The summed E-state index contributed by atoms with van der Waals surface area (Å²) in [5.74, 6) is 0.456. The molecule has 0 bridgehead atoms. The second-order valence-corrected chi connectivity index (χ2v) is 9.83. The van der Waals surface area contributed by atoms with E-state index in [1.165, 1.54) is 11.1 Å². The number of sulfone groups is 1. The predicted octanol–water partition coefficient (Wildman–Crippen LogP) is 2.44. The van der Waals surface area contributed by atoms with Gasteiger partial charge in [0.15, 0.2) is 14.9 Å². The van der Waals surface area contributed by atoms with E-state index >= 15 is 0 Å². The van der Waals surface area contributed by atoms with Gasteiger partial charge < -0.3 is 15.1 Å². The number of hydrogen-bond acceptors (Lipinski definition) is 4. The lowest BCUT2D eigenvalue weighted by molar-refractivity contribution is 0.306. The van der Waals surface area contributed by atoms with Crippen LogP contribution in [-0.2, 0) is 9.84 Å². The average Bonchev–Trinajstić information content (AvgIpc) is 2.81. The highest BCUT2D eigenvalue weighted by molar-refractivity contribution is 7.91. The van der Waals surface area contributed by atoms with Crippen LogP contribution in [0.4, 0.5) is 5.69 Å². The van der Waals surface area contributed by atoms with Crippen LogP contribution >= 0.6 is 12.2 Å². The number of nitrogens with zero attached hydrogens (tertiary/aromatic N) is 2. The van der Waals surface area contributed by atoms with Gasteiger partial charge in [-0.2, -0.15) is 0 Å². The van der Waals surface area contributed by atoms with Crippen LogP contribution in [0.25, 0.3) is 0 Å². The standard InChI is InChI=1S/C18H29N3O2S2/c1-14-10-15(2)12-16(11-14)19-18(24)21(8-5-7-20(3)4)17-6-9-25(22,23)13-17/h10-12,17H,5-9,13H2,1-4H3,(H,19,24)/t17-/m1/s1. The van der Waals surface area contributed by atoms with Crippen molar-refractivity contribution in [2.24, 2.45) is 0 Å². The highest BCUT2D eigenvalue weighted by Gasteiger charge is 2.33. The van der Waals surface area contributed by atoms with Crippen LogP contribution in [0.15, 0.2) is 18.2 Å². The van der Waals surface area contributed by atoms with Crippen LogP contribution in [0.3, 0.4) is 0 Å². The highest BCUT2D eigenvalue weighted by atomic mass is 32.2. The molecule has 1 fully saturated rings. The molecule has 0 radical (unpaired) electrons. The Bertz CT molecular complexity index is 697. The third-order valence-corrected chi connectivity index (χ3v) is 6.47. The van der Waals surface area contributed by atoms with E-state index in [9.17, 15) is 8.42 Å². The second-order valence-electron chi connectivity index (χ2n) is 7.21. The molecule has 1 saturated heterocycles. The van der Waals surface area contributed by atoms with Crippen molar-refractivity contribution < 1.29 is 8.42 Å². The zero-order chi connectivity index (χ0) is 18.6. The first-order valence-corrected chi connectivity index (χ1v) is 10.9. The number of hydrogen-bond donors (Lipinski definition) is 1. The van der Waals surface area contributed by atoms with Crippen LogP contribution in [0.5, 0.6) is 0 Å². The molecule has 2 rings (SSSR count). The summed E-state index contributed by atoms with van der Waals surface area (Å²) in [5.41, 5.74) is 3.31. The van der Waals surface area contributed by atoms with Gasteiger partial charge in [0, 0.05) is 18.3 Å². The number of benzene rings is 1. The first-order valence-electron chi connectivity index (χ1n) is 8.67. The molecule has 1 aliphatic rings. The van der Waals surface area contributed by atoms with Gasteiger partial charge in [-0.3, -0.25) is 0 Å². The van der Waals surface area contributed by atoms with Gasteiger partial charge >= 0.3 is 0 Å². The van der Waals surface area contributed by atoms with Crippen molar-refractivity contribution in [1.82, 2.24) is 9.80 Å². The molecule has 140 valence electrons. The van der Waals surface area contributed by atoms with Crippen molar-refractivity contribution in [2.75, 3.05) is 44.0 Å². The van der Waals surface area contributed by atoms with E-state index < -0.39 is 9.84 Å². The van der Waals surface area contributed by atoms with Gasteiger partial charge in [-0.05, 0) is 82.8 Å². The first-order chi connectivity index (χ1) is 11.7. The van der Waals surface area contributed by atoms with Gasteiger partial charge in [-0.25, -0.2) is 8.42 Å². The summed E-state index contributed by atoms with van der Waals surface area (Å²) < 4.78 is 23.8. The van der Waals surface area contributed by atoms with E-state index in [2.05, 4.69) is 47.2 Å². The summed E-state index contributed by atoms with van der Waals surface area (Å²) in [4.78, 5) is 4.20. The fourth-order valence-corrected chi connectivity index (χ4v) is 5.36. The normalized spacial score (nSPS) is 19.2. The van der Waals surface area contributed by atoms with Gasteiger partial charge in [-0.1, -0.05) is 6.07 Å². The molecule has 5 nitrogen and oxygen atoms in total. The average molecular weight is 384 g/mol. The minimum absolute atomic E-state index is 0.0296. The molecule has 1 N–H and O–H groups in total. The zero-order valence-corrected chi connectivity index (χ0v) is 17.2. The maximum Gasteiger partial charge on any atom is 0.173 e. The fourth-order valence-electron chi connectivity index (χ4n) is 3.27. The second kappa shape index (κ2) is 8.47. The largest absolute Gasteiger partial charge is 0.345 e. The summed E-state index contributed by atoms with van der Waals surface area (Å²) in [6, 6.07) is 6.20. The van der Waals surface area contributed by atoms with Crippen molar-refractivity contribution in [1.29, 1.82) is 0 Å². The molecule has 0 spiro atoms. The molecule has 1 aromatic rings. The summed E-state index contributed by atoms with van der Waals surface area (Å²) in [7, 11) is 1.14. The van der Waals surface area contributed by atoms with E-state index in [1.54, 1.807) is 0 Å². The zero-order valence-electron chi connectivity index (χ0n) is 15.6. The molecule has 1 atom stereocenters. The van der Waals surface area contributed by atoms with Gasteiger partial charge in [0.1, 0.15) is 0 Å². The topological polar surface area (TPSA) is 52.6 Å². The number of thiocarbonyl (C=S) groups is 1. The molecule has 1 aliphatic heterocycles. The van der Waals surface area contributed by atoms with Gasteiger partial charge in [0.2, 0.25) is 0 Å². The molecule has 1 heterocycles. The van der Waals surface area contributed by atoms with Crippen molar-refractivity contribution in [3.63, 3.8) is 0 Å². The number of rotatable bonds is 6. The number of nitrogens with one attached hydrogen (secondary N) is 1. The predicted molar refractivity (Wildman–Crippen MR) is 109 cm³/mol. The SMILES string of the molecule is Cc1cc(C)cc(NC(=S)N(CCCN(C)C)[C@@H]2CCS(=O)(=O)C2)c1. The molecule has 25 heavy (non-hydrogen) atoms. The summed E-state index contributed by atoms with van der Waals surface area (Å²) >= 11 is 5.64. The molecular formula is C18H29N3O2S2. The lowest BCUT2D eigenvalue weighted by atomic mass is 10.1. The third kappa shape index (κ3) is 6.24. The Morgan fingerprint density at radius 2 is 1.84 bits per heavy atom. The van der Waals surface area contributed by atoms with Gasteiger partial charge in [-0.15, -0.1) is 0 Å². The Morgan fingerprint density at radius 3 is 2.36 bits per heavy atom. The number of anilines is 1. The van der Waals surface area contributed by atoms with E-state index in [1.807, 2.05) is 14.1 Å². The lowest BCUT2D eigenvalue weighted by Crippen LogP contribution is -2.44. The Balaban J connectivity index is 2.11. The first kappa shape index (κ1) is 20.1. The monoisotopic (exact) mass is 383 g/mol. The summed E-state index contributed by atoms with van der Waals surface area (Å²) in [6.45, 7) is 5.82. The Hall–Kier alpha value is -1.18. The maximum absolute atomic E-state index is 11.9. The van der Waals surface area contributed by atoms with Crippen molar-refractivity contribution in [3.05, 3.63) is 29.3 Å². The molecule has 1 aromatic carbocycles. The van der Waals surface area contributed by atoms with E-state index in [0.717, 1.165) is 25.2 Å². The molecule has 0 unspecified atom stereocenters. The van der Waals surface area contributed by atoms with E-state index in [4.69, 9.17) is 12.2 Å². The van der Waals surface area contributed by atoms with Crippen LogP contribution in [0.2, 0.25) is 0 Å². The molecule has 0 saturated carbocycles. The lowest BCUT2D eigenvalue weighted by Gasteiger charge is -2.31. The van der Waals surface area contributed by atoms with Crippen LogP contribution in [-0.4, -0.2) is 68.1 Å². The highest BCUT2D eigenvalue weighted by Crippen LogP contribution is 2.21. The third-order valence-electron chi connectivity index (χ3n) is 4.39. The molecule has 0 amide bonds. The maximum atomic E-state index is 11.9. The molecule has 0 aliphatic carbocycles. The van der Waals surface area contributed by atoms with Crippen LogP contribution in [0, 0.1) is 13.8 Å².